The van der Waals surface area contributed by atoms with Crippen LogP contribution in [0.5, 0.6) is 0 Å². The minimum atomic E-state index is 0.0366. The van der Waals surface area contributed by atoms with E-state index in [-0.39, 0.29) is 5.60 Å². The molecule has 3 atom stereocenters. The first-order chi connectivity index (χ1) is 5.63. The maximum absolute atomic E-state index is 5.55. The molecule has 0 bridgehead atoms. The van der Waals surface area contributed by atoms with Crippen LogP contribution in [-0.2, 0) is 4.74 Å². The van der Waals surface area contributed by atoms with E-state index in [1.54, 1.807) is 6.40 Å². The van der Waals surface area contributed by atoms with Crippen LogP contribution in [0.3, 0.4) is 0 Å². The quantitative estimate of drug-likeness (QED) is 0.617. The fourth-order valence-corrected chi connectivity index (χ4v) is 2.27. The third-order valence-electron chi connectivity index (χ3n) is 3.28. The maximum atomic E-state index is 5.55. The van der Waals surface area contributed by atoms with E-state index in [0.29, 0.717) is 0 Å². The molecule has 0 radical (unpaired) electrons. The van der Waals surface area contributed by atoms with Crippen molar-refractivity contribution < 1.29 is 4.74 Å². The molecule has 1 heterocycles. The fourth-order valence-electron chi connectivity index (χ4n) is 2.27. The zero-order valence-corrected chi connectivity index (χ0v) is 8.08. The zero-order valence-electron chi connectivity index (χ0n) is 8.08. The zero-order chi connectivity index (χ0) is 8.77. The second kappa shape index (κ2) is 2.48. The highest BCUT2D eigenvalue weighted by Gasteiger charge is 2.53. The molecular weight excluding hydrogens is 150 g/mol. The molecule has 0 aromatic rings. The lowest BCUT2D eigenvalue weighted by Crippen LogP contribution is -2.31. The smallest absolute Gasteiger partial charge is 0.170 e. The van der Waals surface area contributed by atoms with E-state index in [0.717, 1.165) is 24.3 Å². The summed E-state index contributed by atoms with van der Waals surface area (Å²) in [5.74, 6) is 2.42. The minimum Gasteiger partial charge on any atom is -0.475 e. The van der Waals surface area contributed by atoms with Crippen LogP contribution < -0.4 is 0 Å². The van der Waals surface area contributed by atoms with E-state index in [1.807, 2.05) is 0 Å². The summed E-state index contributed by atoms with van der Waals surface area (Å²) in [5, 5.41) is 0. The Morgan fingerprint density at radius 2 is 2.33 bits per heavy atom. The van der Waals surface area contributed by atoms with Gasteiger partial charge in [0, 0.05) is 5.92 Å². The summed E-state index contributed by atoms with van der Waals surface area (Å²) in [4.78, 5) is 4.14. The number of ether oxygens (including phenoxy) is 1. The van der Waals surface area contributed by atoms with Crippen LogP contribution >= 0.6 is 0 Å². The van der Waals surface area contributed by atoms with Gasteiger partial charge in [-0.15, -0.1) is 0 Å². The SMILES string of the molecule is CC(C)[C@@H]1C[C@H]1C1(C)CN=CO1. The van der Waals surface area contributed by atoms with E-state index in [1.165, 1.54) is 6.42 Å². The van der Waals surface area contributed by atoms with Gasteiger partial charge in [0.25, 0.3) is 0 Å². The van der Waals surface area contributed by atoms with Gasteiger partial charge in [0.2, 0.25) is 0 Å². The molecule has 2 aliphatic rings. The van der Waals surface area contributed by atoms with Crippen molar-refractivity contribution in [3.8, 4) is 0 Å². The lowest BCUT2D eigenvalue weighted by Gasteiger charge is -2.23. The molecule has 0 aromatic heterocycles. The Kier molecular flexibility index (Phi) is 1.67. The lowest BCUT2D eigenvalue weighted by molar-refractivity contribution is 0.0808. The molecule has 2 nitrogen and oxygen atoms in total. The number of hydrogen-bond donors (Lipinski definition) is 0. The van der Waals surface area contributed by atoms with Crippen molar-refractivity contribution in [2.24, 2.45) is 22.7 Å². The van der Waals surface area contributed by atoms with Crippen LogP contribution in [0, 0.1) is 17.8 Å². The van der Waals surface area contributed by atoms with Gasteiger partial charge in [0.05, 0.1) is 6.54 Å². The van der Waals surface area contributed by atoms with Crippen LogP contribution in [0.4, 0.5) is 0 Å². The lowest BCUT2D eigenvalue weighted by atomic mass is 9.95. The third kappa shape index (κ3) is 1.13. The van der Waals surface area contributed by atoms with Crippen LogP contribution in [0.15, 0.2) is 4.99 Å². The molecule has 0 aromatic carbocycles. The predicted molar refractivity (Wildman–Crippen MR) is 49.3 cm³/mol. The summed E-state index contributed by atoms with van der Waals surface area (Å²) >= 11 is 0. The average molecular weight is 167 g/mol. The first-order valence-electron chi connectivity index (χ1n) is 4.79. The van der Waals surface area contributed by atoms with Gasteiger partial charge in [0.15, 0.2) is 6.40 Å². The van der Waals surface area contributed by atoms with Gasteiger partial charge in [-0.1, -0.05) is 13.8 Å². The second-order valence-electron chi connectivity index (χ2n) is 4.63. The Hall–Kier alpha value is -0.530. The van der Waals surface area contributed by atoms with Crippen LogP contribution in [0.2, 0.25) is 0 Å². The molecule has 12 heavy (non-hydrogen) atoms. The summed E-state index contributed by atoms with van der Waals surface area (Å²) in [5.41, 5.74) is 0.0366. The highest BCUT2D eigenvalue weighted by molar-refractivity contribution is 5.50. The van der Waals surface area contributed by atoms with Crippen molar-refractivity contribution in [2.45, 2.75) is 32.8 Å². The molecule has 0 amide bonds. The maximum Gasteiger partial charge on any atom is 0.170 e. The van der Waals surface area contributed by atoms with E-state index in [2.05, 4.69) is 25.8 Å². The van der Waals surface area contributed by atoms with Gasteiger partial charge in [-0.2, -0.15) is 0 Å². The first-order valence-corrected chi connectivity index (χ1v) is 4.79. The van der Waals surface area contributed by atoms with Crippen LogP contribution in [0.25, 0.3) is 0 Å². The third-order valence-corrected chi connectivity index (χ3v) is 3.28. The predicted octanol–water partition coefficient (Wildman–Crippen LogP) is 2.10. The summed E-state index contributed by atoms with van der Waals surface area (Å²) in [6.07, 6.45) is 2.95. The summed E-state index contributed by atoms with van der Waals surface area (Å²) < 4.78 is 5.55. The topological polar surface area (TPSA) is 21.6 Å². The summed E-state index contributed by atoms with van der Waals surface area (Å²) in [7, 11) is 0. The van der Waals surface area contributed by atoms with Gasteiger partial charge in [-0.05, 0) is 25.2 Å². The highest BCUT2D eigenvalue weighted by Crippen LogP contribution is 2.52. The Morgan fingerprint density at radius 3 is 2.75 bits per heavy atom. The van der Waals surface area contributed by atoms with Gasteiger partial charge in [0.1, 0.15) is 5.60 Å². The standard InChI is InChI=1S/C10H17NO/c1-7(2)8-4-9(8)10(3)5-11-6-12-10/h6-9H,4-5H2,1-3H3/t8-,9+,10?/m0/s1. The molecule has 1 saturated carbocycles. The van der Waals surface area contributed by atoms with Crippen LogP contribution in [0.1, 0.15) is 27.2 Å². The molecular formula is C10H17NO. The molecule has 1 fully saturated rings. The van der Waals surface area contributed by atoms with E-state index in [9.17, 15) is 0 Å². The van der Waals surface area contributed by atoms with Crippen molar-refractivity contribution in [1.82, 2.24) is 0 Å². The Labute approximate surface area is 74.0 Å². The second-order valence-corrected chi connectivity index (χ2v) is 4.63. The van der Waals surface area contributed by atoms with Gasteiger partial charge in [-0.3, -0.25) is 4.99 Å². The Bertz CT molecular complexity index is 202. The van der Waals surface area contributed by atoms with Gasteiger partial charge in [-0.25, -0.2) is 0 Å². The van der Waals surface area contributed by atoms with Gasteiger partial charge < -0.3 is 4.74 Å². The van der Waals surface area contributed by atoms with Crippen molar-refractivity contribution in [3.63, 3.8) is 0 Å². The van der Waals surface area contributed by atoms with Crippen molar-refractivity contribution >= 4 is 6.40 Å². The number of rotatable bonds is 2. The van der Waals surface area contributed by atoms with Crippen molar-refractivity contribution in [3.05, 3.63) is 0 Å². The van der Waals surface area contributed by atoms with Crippen molar-refractivity contribution in [1.29, 1.82) is 0 Å². The van der Waals surface area contributed by atoms with Crippen LogP contribution in [-0.4, -0.2) is 18.5 Å². The Morgan fingerprint density at radius 1 is 1.58 bits per heavy atom. The summed E-state index contributed by atoms with van der Waals surface area (Å²) in [6.45, 7) is 7.64. The molecule has 1 aliphatic heterocycles. The molecule has 2 rings (SSSR count). The van der Waals surface area contributed by atoms with Gasteiger partial charge >= 0.3 is 0 Å². The molecule has 1 unspecified atom stereocenters. The molecule has 68 valence electrons. The molecule has 1 aliphatic carbocycles. The van der Waals surface area contributed by atoms with E-state index in [4.69, 9.17) is 4.74 Å². The molecule has 2 heteroatoms. The molecule has 0 saturated heterocycles. The molecule has 0 N–H and O–H groups in total. The largest absolute Gasteiger partial charge is 0.475 e. The number of nitrogens with zero attached hydrogens (tertiary/aromatic N) is 1. The highest BCUT2D eigenvalue weighted by atomic mass is 16.5. The number of hydrogen-bond acceptors (Lipinski definition) is 2. The van der Waals surface area contributed by atoms with Crippen molar-refractivity contribution in [2.75, 3.05) is 6.54 Å². The molecule has 0 spiro atoms. The minimum absolute atomic E-state index is 0.0366. The first kappa shape index (κ1) is 8.09. The fraction of sp³-hybridized carbons (Fsp3) is 0.900. The van der Waals surface area contributed by atoms with E-state index >= 15 is 0 Å². The number of aliphatic imine (C=N–C) groups is 1. The van der Waals surface area contributed by atoms with E-state index < -0.39 is 0 Å². The average Bonchev–Trinajstić information content (AvgIpc) is 2.71. The summed E-state index contributed by atoms with van der Waals surface area (Å²) in [6, 6.07) is 0. The Balaban J connectivity index is 1.95. The normalized spacial score (nSPS) is 45.0. The monoisotopic (exact) mass is 167 g/mol.